The van der Waals surface area contributed by atoms with Gasteiger partial charge in [-0.1, -0.05) is 0 Å². The minimum absolute atomic E-state index is 0.0877. The van der Waals surface area contributed by atoms with Gasteiger partial charge in [0.1, 0.15) is 0 Å². The Morgan fingerprint density at radius 2 is 1.56 bits per heavy atom. The highest BCUT2D eigenvalue weighted by Gasteiger charge is 2.58. The van der Waals surface area contributed by atoms with E-state index in [1.165, 1.54) is 0 Å². The van der Waals surface area contributed by atoms with Crippen LogP contribution in [0.4, 0.5) is 0 Å². The lowest BCUT2D eigenvalue weighted by Gasteiger charge is -2.62. The lowest BCUT2D eigenvalue weighted by Crippen LogP contribution is -2.68. The van der Waals surface area contributed by atoms with Gasteiger partial charge in [-0.05, 0) is 49.9 Å². The van der Waals surface area contributed by atoms with Crippen LogP contribution in [0, 0.1) is 17.8 Å². The van der Waals surface area contributed by atoms with Gasteiger partial charge in [-0.25, -0.2) is 0 Å². The Morgan fingerprint density at radius 1 is 1.12 bits per heavy atom. The number of carboxylic acids is 1. The van der Waals surface area contributed by atoms with Crippen molar-refractivity contribution >= 4 is 5.97 Å². The minimum atomic E-state index is -0.672. The van der Waals surface area contributed by atoms with Gasteiger partial charge in [0, 0.05) is 17.5 Å². The Labute approximate surface area is 95.4 Å². The molecule has 0 unspecified atom stereocenters. The van der Waals surface area contributed by atoms with Gasteiger partial charge in [0.05, 0.1) is 0 Å². The zero-order chi connectivity index (χ0) is 11.6. The van der Waals surface area contributed by atoms with Crippen molar-refractivity contribution in [3.05, 3.63) is 0 Å². The summed E-state index contributed by atoms with van der Waals surface area (Å²) in [6.07, 6.45) is 5.19. The average molecular weight is 224 g/mol. The van der Waals surface area contributed by atoms with E-state index in [-0.39, 0.29) is 11.1 Å². The van der Waals surface area contributed by atoms with Gasteiger partial charge in [-0.2, -0.15) is 0 Å². The van der Waals surface area contributed by atoms with Crippen LogP contribution < -0.4 is 11.5 Å². The number of rotatable bonds is 2. The van der Waals surface area contributed by atoms with Crippen molar-refractivity contribution in [3.8, 4) is 0 Å². The Bertz CT molecular complexity index is 306. The highest BCUT2D eigenvalue weighted by Crippen LogP contribution is 2.58. The van der Waals surface area contributed by atoms with Gasteiger partial charge >= 0.3 is 5.97 Å². The molecule has 0 spiro atoms. The summed E-state index contributed by atoms with van der Waals surface area (Å²) in [4.78, 5) is 10.9. The predicted octanol–water partition coefficient (Wildman–Crippen LogP) is 0.696. The van der Waals surface area contributed by atoms with Crippen LogP contribution in [0.3, 0.4) is 0 Å². The SMILES string of the molecule is NC12CC3CC(N)(CC(C1)C3CC(=O)O)C2. The van der Waals surface area contributed by atoms with Crippen molar-refractivity contribution in [2.24, 2.45) is 29.2 Å². The molecule has 0 amide bonds. The molecule has 4 bridgehead atoms. The second kappa shape index (κ2) is 2.99. The van der Waals surface area contributed by atoms with E-state index in [2.05, 4.69) is 0 Å². The molecular weight excluding hydrogens is 204 g/mol. The average Bonchev–Trinajstić information content (AvgIpc) is 2.06. The molecule has 16 heavy (non-hydrogen) atoms. The van der Waals surface area contributed by atoms with Gasteiger partial charge in [0.2, 0.25) is 0 Å². The van der Waals surface area contributed by atoms with E-state index in [9.17, 15) is 4.79 Å². The molecule has 4 aliphatic rings. The highest BCUT2D eigenvalue weighted by molar-refractivity contribution is 5.67. The second-order valence-corrected chi connectivity index (χ2v) is 6.50. The van der Waals surface area contributed by atoms with Crippen LogP contribution in [-0.2, 0) is 4.79 Å². The minimum Gasteiger partial charge on any atom is -0.481 e. The molecule has 4 heteroatoms. The summed E-state index contributed by atoms with van der Waals surface area (Å²) in [6.45, 7) is 0. The first-order valence-electron chi connectivity index (χ1n) is 6.19. The summed E-state index contributed by atoms with van der Waals surface area (Å²) < 4.78 is 0. The lowest BCUT2D eigenvalue weighted by atomic mass is 9.46. The quantitative estimate of drug-likeness (QED) is 0.644. The van der Waals surface area contributed by atoms with E-state index in [4.69, 9.17) is 16.6 Å². The molecule has 0 atom stereocenters. The predicted molar refractivity (Wildman–Crippen MR) is 59.6 cm³/mol. The Hall–Kier alpha value is -0.610. The molecule has 0 saturated heterocycles. The molecule has 4 saturated carbocycles. The largest absolute Gasteiger partial charge is 0.481 e. The number of carbonyl (C=O) groups is 1. The Kier molecular flexibility index (Phi) is 1.97. The number of carboxylic acid groups (broad SMARTS) is 1. The third-order valence-corrected chi connectivity index (χ3v) is 5.00. The van der Waals surface area contributed by atoms with Gasteiger partial charge in [0.25, 0.3) is 0 Å². The molecule has 0 radical (unpaired) electrons. The Morgan fingerprint density at radius 3 is 1.94 bits per heavy atom. The molecule has 4 aliphatic carbocycles. The van der Waals surface area contributed by atoms with E-state index in [1.807, 2.05) is 0 Å². The maximum Gasteiger partial charge on any atom is 0.303 e. The van der Waals surface area contributed by atoms with Crippen molar-refractivity contribution < 1.29 is 9.90 Å². The summed E-state index contributed by atoms with van der Waals surface area (Å²) in [5, 5.41) is 8.96. The van der Waals surface area contributed by atoms with Crippen LogP contribution in [0.25, 0.3) is 0 Å². The standard InChI is InChI=1S/C12H20N2O2/c13-11-2-7-3-12(14,6-11)5-8(4-11)9(7)1-10(15)16/h7-9H,1-6,13-14H2,(H,15,16). The number of hydrogen-bond donors (Lipinski definition) is 3. The molecule has 4 rings (SSSR count). The van der Waals surface area contributed by atoms with E-state index in [0.717, 1.165) is 32.1 Å². The maximum absolute atomic E-state index is 10.9. The van der Waals surface area contributed by atoms with Crippen molar-refractivity contribution in [1.82, 2.24) is 0 Å². The highest BCUT2D eigenvalue weighted by atomic mass is 16.4. The number of aliphatic carboxylic acids is 1. The summed E-state index contributed by atoms with van der Waals surface area (Å²) >= 11 is 0. The molecule has 0 aliphatic heterocycles. The molecular formula is C12H20N2O2. The van der Waals surface area contributed by atoms with Crippen LogP contribution in [0.2, 0.25) is 0 Å². The van der Waals surface area contributed by atoms with Crippen LogP contribution in [-0.4, -0.2) is 22.2 Å². The smallest absolute Gasteiger partial charge is 0.303 e. The monoisotopic (exact) mass is 224 g/mol. The molecule has 0 heterocycles. The van der Waals surface area contributed by atoms with E-state index in [1.54, 1.807) is 0 Å². The zero-order valence-electron chi connectivity index (χ0n) is 9.48. The fourth-order valence-corrected chi connectivity index (χ4v) is 4.91. The van der Waals surface area contributed by atoms with Gasteiger partial charge < -0.3 is 16.6 Å². The molecule has 4 fully saturated rings. The van der Waals surface area contributed by atoms with Crippen LogP contribution in [0.5, 0.6) is 0 Å². The van der Waals surface area contributed by atoms with E-state index < -0.39 is 5.97 Å². The van der Waals surface area contributed by atoms with Gasteiger partial charge in [0.15, 0.2) is 0 Å². The van der Waals surface area contributed by atoms with E-state index >= 15 is 0 Å². The summed E-state index contributed by atoms with van der Waals surface area (Å²) in [5.74, 6) is 0.556. The molecule has 0 aromatic rings. The first kappa shape index (κ1) is 10.5. The lowest BCUT2D eigenvalue weighted by molar-refractivity contribution is -0.143. The molecule has 4 nitrogen and oxygen atoms in total. The summed E-state index contributed by atoms with van der Waals surface area (Å²) in [6, 6.07) is 0. The third-order valence-electron chi connectivity index (χ3n) is 5.00. The molecule has 90 valence electrons. The summed E-state index contributed by atoms with van der Waals surface area (Å²) in [7, 11) is 0. The first-order chi connectivity index (χ1) is 7.39. The van der Waals surface area contributed by atoms with Gasteiger partial charge in [-0.3, -0.25) is 4.79 Å². The molecule has 0 aromatic heterocycles. The van der Waals surface area contributed by atoms with E-state index in [0.29, 0.717) is 24.2 Å². The first-order valence-corrected chi connectivity index (χ1v) is 6.19. The molecule has 5 N–H and O–H groups in total. The second-order valence-electron chi connectivity index (χ2n) is 6.50. The van der Waals surface area contributed by atoms with Crippen LogP contribution >= 0.6 is 0 Å². The van der Waals surface area contributed by atoms with Crippen molar-refractivity contribution in [3.63, 3.8) is 0 Å². The zero-order valence-corrected chi connectivity index (χ0v) is 9.48. The number of nitrogens with two attached hydrogens (primary N) is 2. The van der Waals surface area contributed by atoms with Crippen molar-refractivity contribution in [1.29, 1.82) is 0 Å². The fourth-order valence-electron chi connectivity index (χ4n) is 4.91. The van der Waals surface area contributed by atoms with Crippen molar-refractivity contribution in [2.75, 3.05) is 0 Å². The van der Waals surface area contributed by atoms with Gasteiger partial charge in [-0.15, -0.1) is 0 Å². The third kappa shape index (κ3) is 1.47. The molecule has 0 aromatic carbocycles. The van der Waals surface area contributed by atoms with Crippen LogP contribution in [0.15, 0.2) is 0 Å². The number of hydrogen-bond acceptors (Lipinski definition) is 3. The van der Waals surface area contributed by atoms with Crippen LogP contribution in [0.1, 0.15) is 38.5 Å². The topological polar surface area (TPSA) is 89.3 Å². The maximum atomic E-state index is 10.9. The summed E-state index contributed by atoms with van der Waals surface area (Å²) in [5.41, 5.74) is 12.6. The normalized spacial score (nSPS) is 54.2. The Balaban J connectivity index is 1.86. The fraction of sp³-hybridized carbons (Fsp3) is 0.917. The van der Waals surface area contributed by atoms with Crippen molar-refractivity contribution in [2.45, 2.75) is 49.6 Å².